The van der Waals surface area contributed by atoms with E-state index in [-0.39, 0.29) is 11.7 Å². The molecule has 1 aliphatic carbocycles. The highest BCUT2D eigenvalue weighted by Gasteiger charge is 2.49. The predicted octanol–water partition coefficient (Wildman–Crippen LogP) is 3.36. The van der Waals surface area contributed by atoms with Crippen LogP contribution in [0.5, 0.6) is 0 Å². The molecule has 122 valence electrons. The van der Waals surface area contributed by atoms with Crippen LogP contribution in [0.25, 0.3) is 10.8 Å². The molecule has 0 saturated carbocycles. The second kappa shape index (κ2) is 5.78. The molecule has 24 heavy (non-hydrogen) atoms. The molecule has 0 amide bonds. The molecule has 0 bridgehead atoms. The molecule has 4 rings (SSSR count). The van der Waals surface area contributed by atoms with E-state index < -0.39 is 11.9 Å². The Morgan fingerprint density at radius 1 is 1.17 bits per heavy atom. The Morgan fingerprint density at radius 3 is 2.75 bits per heavy atom. The molecule has 0 N–H and O–H groups in total. The summed E-state index contributed by atoms with van der Waals surface area (Å²) in [6.45, 7) is 0.531. The molecule has 0 fully saturated rings. The van der Waals surface area contributed by atoms with Crippen molar-refractivity contribution >= 4 is 22.5 Å². The average molecular weight is 322 g/mol. The standard InChI is InChI=1S/C20H18O4/c1-23-20(22)17-16(15-7-4-10-24-19(15)18(17)21)14-9-8-12-5-2-3-6-13(12)11-14/h2-3,5-6,8-9,11,16-17H,4,7,10H2,1H3/t16-,17+/m1/s1. The van der Waals surface area contributed by atoms with Gasteiger partial charge in [-0.1, -0.05) is 42.5 Å². The highest BCUT2D eigenvalue weighted by Crippen LogP contribution is 2.46. The molecule has 2 aromatic carbocycles. The number of Topliss-reactive ketones (excluding diaryl/α,β-unsaturated/α-hetero) is 1. The molecule has 1 aliphatic heterocycles. The van der Waals surface area contributed by atoms with Crippen LogP contribution in [-0.2, 0) is 19.1 Å². The van der Waals surface area contributed by atoms with Crippen LogP contribution in [0.4, 0.5) is 0 Å². The summed E-state index contributed by atoms with van der Waals surface area (Å²) in [6.07, 6.45) is 1.65. The molecular formula is C20H18O4. The number of carbonyl (C=O) groups is 2. The van der Waals surface area contributed by atoms with Crippen LogP contribution in [0.1, 0.15) is 24.3 Å². The molecule has 0 unspecified atom stereocenters. The zero-order valence-corrected chi connectivity index (χ0v) is 13.5. The van der Waals surface area contributed by atoms with Gasteiger partial charge in [0.25, 0.3) is 0 Å². The van der Waals surface area contributed by atoms with Crippen LogP contribution < -0.4 is 0 Å². The zero-order valence-electron chi connectivity index (χ0n) is 13.5. The first kappa shape index (κ1) is 14.9. The van der Waals surface area contributed by atoms with Gasteiger partial charge in [-0.15, -0.1) is 0 Å². The minimum Gasteiger partial charge on any atom is -0.490 e. The summed E-state index contributed by atoms with van der Waals surface area (Å²) >= 11 is 0. The van der Waals surface area contributed by atoms with Gasteiger partial charge in [0, 0.05) is 5.92 Å². The van der Waals surface area contributed by atoms with Crippen LogP contribution in [0.2, 0.25) is 0 Å². The Morgan fingerprint density at radius 2 is 1.96 bits per heavy atom. The number of ether oxygens (including phenoxy) is 2. The number of allylic oxidation sites excluding steroid dienone is 2. The maximum Gasteiger partial charge on any atom is 0.317 e. The number of hydrogen-bond acceptors (Lipinski definition) is 4. The Kier molecular flexibility index (Phi) is 3.60. The largest absolute Gasteiger partial charge is 0.490 e. The van der Waals surface area contributed by atoms with Crippen molar-refractivity contribution in [3.05, 3.63) is 59.4 Å². The van der Waals surface area contributed by atoms with E-state index in [0.29, 0.717) is 12.4 Å². The number of hydrogen-bond donors (Lipinski definition) is 0. The minimum atomic E-state index is -0.834. The van der Waals surface area contributed by atoms with Gasteiger partial charge in [-0.25, -0.2) is 0 Å². The predicted molar refractivity (Wildman–Crippen MR) is 89.4 cm³/mol. The van der Waals surface area contributed by atoms with E-state index in [1.165, 1.54) is 7.11 Å². The van der Waals surface area contributed by atoms with Gasteiger partial charge < -0.3 is 9.47 Å². The fraction of sp³-hybridized carbons (Fsp3) is 0.300. The van der Waals surface area contributed by atoms with E-state index in [1.54, 1.807) is 0 Å². The van der Waals surface area contributed by atoms with E-state index >= 15 is 0 Å². The van der Waals surface area contributed by atoms with Gasteiger partial charge >= 0.3 is 5.97 Å². The first-order valence-corrected chi connectivity index (χ1v) is 8.17. The van der Waals surface area contributed by atoms with Gasteiger partial charge in [-0.2, -0.15) is 0 Å². The molecule has 0 aromatic heterocycles. The van der Waals surface area contributed by atoms with Crippen LogP contribution in [-0.4, -0.2) is 25.5 Å². The number of carbonyl (C=O) groups excluding carboxylic acids is 2. The first-order valence-electron chi connectivity index (χ1n) is 8.17. The molecule has 0 spiro atoms. The van der Waals surface area contributed by atoms with E-state index in [0.717, 1.165) is 34.8 Å². The number of ketones is 1. The lowest BCUT2D eigenvalue weighted by molar-refractivity contribution is -0.149. The van der Waals surface area contributed by atoms with Crippen molar-refractivity contribution in [3.63, 3.8) is 0 Å². The fourth-order valence-electron chi connectivity index (χ4n) is 3.83. The summed E-state index contributed by atoms with van der Waals surface area (Å²) in [7, 11) is 1.32. The van der Waals surface area contributed by atoms with Gasteiger partial charge in [0.05, 0.1) is 13.7 Å². The summed E-state index contributed by atoms with van der Waals surface area (Å²) < 4.78 is 10.5. The molecule has 2 aromatic rings. The Hall–Kier alpha value is -2.62. The van der Waals surface area contributed by atoms with Crippen molar-refractivity contribution in [2.45, 2.75) is 18.8 Å². The van der Waals surface area contributed by atoms with E-state index in [2.05, 4.69) is 6.07 Å². The van der Waals surface area contributed by atoms with Gasteiger partial charge in [-0.05, 0) is 34.8 Å². The summed E-state index contributed by atoms with van der Waals surface area (Å²) in [6, 6.07) is 14.2. The van der Waals surface area contributed by atoms with Crippen LogP contribution in [0.3, 0.4) is 0 Å². The van der Waals surface area contributed by atoms with Gasteiger partial charge in [0.15, 0.2) is 5.76 Å². The fourth-order valence-corrected chi connectivity index (χ4v) is 3.83. The molecular weight excluding hydrogens is 304 g/mol. The van der Waals surface area contributed by atoms with Gasteiger partial charge in [-0.3, -0.25) is 9.59 Å². The lowest BCUT2D eigenvalue weighted by Gasteiger charge is -2.22. The third kappa shape index (κ3) is 2.21. The maximum absolute atomic E-state index is 12.7. The Labute approximate surface area is 140 Å². The van der Waals surface area contributed by atoms with Crippen LogP contribution in [0, 0.1) is 5.92 Å². The van der Waals surface area contributed by atoms with Crippen molar-refractivity contribution in [2.75, 3.05) is 13.7 Å². The number of esters is 1. The second-order valence-corrected chi connectivity index (χ2v) is 6.26. The molecule has 4 heteroatoms. The number of benzene rings is 2. The van der Waals surface area contributed by atoms with Crippen molar-refractivity contribution in [1.29, 1.82) is 0 Å². The molecule has 2 aliphatic rings. The topological polar surface area (TPSA) is 52.6 Å². The molecule has 0 radical (unpaired) electrons. The van der Waals surface area contributed by atoms with Gasteiger partial charge in [0.2, 0.25) is 5.78 Å². The summed E-state index contributed by atoms with van der Waals surface area (Å²) in [5.41, 5.74) is 1.91. The monoisotopic (exact) mass is 322 g/mol. The third-order valence-electron chi connectivity index (χ3n) is 4.93. The van der Waals surface area contributed by atoms with Gasteiger partial charge in [0.1, 0.15) is 5.92 Å². The summed E-state index contributed by atoms with van der Waals surface area (Å²) in [5, 5.41) is 2.23. The lowest BCUT2D eigenvalue weighted by Crippen LogP contribution is -2.27. The zero-order chi connectivity index (χ0) is 16.7. The molecule has 4 nitrogen and oxygen atoms in total. The number of methoxy groups -OCH3 is 1. The minimum absolute atomic E-state index is 0.241. The highest BCUT2D eigenvalue weighted by atomic mass is 16.5. The van der Waals surface area contributed by atoms with E-state index in [4.69, 9.17) is 9.47 Å². The van der Waals surface area contributed by atoms with Crippen LogP contribution >= 0.6 is 0 Å². The molecule has 0 saturated heterocycles. The molecule has 2 atom stereocenters. The Balaban J connectivity index is 1.85. The quantitative estimate of drug-likeness (QED) is 0.628. The average Bonchev–Trinajstić information content (AvgIpc) is 2.94. The Bertz CT molecular complexity index is 865. The van der Waals surface area contributed by atoms with Crippen LogP contribution in [0.15, 0.2) is 53.8 Å². The second-order valence-electron chi connectivity index (χ2n) is 6.26. The lowest BCUT2D eigenvalue weighted by atomic mass is 9.82. The SMILES string of the molecule is COC(=O)[C@@H]1C(=O)C2=C(CCCO2)[C@H]1c1ccc2ccccc2c1. The normalized spacial score (nSPS) is 23.1. The highest BCUT2D eigenvalue weighted by molar-refractivity contribution is 6.11. The number of fused-ring (bicyclic) bond motifs is 1. The maximum atomic E-state index is 12.7. The summed E-state index contributed by atoms with van der Waals surface area (Å²) in [4.78, 5) is 25.0. The summed E-state index contributed by atoms with van der Waals surface area (Å²) in [5.74, 6) is -1.47. The van der Waals surface area contributed by atoms with Crippen molar-refractivity contribution < 1.29 is 19.1 Å². The van der Waals surface area contributed by atoms with Crippen molar-refractivity contribution in [3.8, 4) is 0 Å². The van der Waals surface area contributed by atoms with Crippen molar-refractivity contribution in [2.24, 2.45) is 5.92 Å². The molecule has 1 heterocycles. The smallest absolute Gasteiger partial charge is 0.317 e. The number of rotatable bonds is 2. The third-order valence-corrected chi connectivity index (χ3v) is 4.93. The van der Waals surface area contributed by atoms with Crippen molar-refractivity contribution in [1.82, 2.24) is 0 Å². The van der Waals surface area contributed by atoms with E-state index in [1.807, 2.05) is 36.4 Å². The first-order chi connectivity index (χ1) is 11.7. The van der Waals surface area contributed by atoms with E-state index in [9.17, 15) is 9.59 Å².